The molecule has 0 radical (unpaired) electrons. The zero-order valence-corrected chi connectivity index (χ0v) is 14.4. The number of carbonyl (C=O) groups is 3. The van der Waals surface area contributed by atoms with Crippen LogP contribution in [0.15, 0.2) is 48.8 Å². The number of hydrogen-bond acceptors (Lipinski definition) is 6. The first-order valence-corrected chi connectivity index (χ1v) is 8.18. The van der Waals surface area contributed by atoms with E-state index in [1.165, 1.54) is 23.6 Å². The number of carbonyl (C=O) groups excluding carboxylic acids is 3. The highest BCUT2D eigenvalue weighted by atomic mass is 19.4. The van der Waals surface area contributed by atoms with Crippen molar-refractivity contribution in [3.63, 3.8) is 0 Å². The predicted octanol–water partition coefficient (Wildman–Crippen LogP) is 0.549. The van der Waals surface area contributed by atoms with Crippen LogP contribution in [0.5, 0.6) is 0 Å². The Morgan fingerprint density at radius 3 is 2.31 bits per heavy atom. The summed E-state index contributed by atoms with van der Waals surface area (Å²) in [6, 6.07) is 3.95. The Kier molecular flexibility index (Phi) is 5.01. The average Bonchev–Trinajstić information content (AvgIpc) is 2.67. The van der Waals surface area contributed by atoms with Gasteiger partial charge >= 0.3 is 12.2 Å². The van der Waals surface area contributed by atoms with Crippen LogP contribution >= 0.6 is 0 Å². The van der Waals surface area contributed by atoms with E-state index in [-0.39, 0.29) is 16.7 Å². The van der Waals surface area contributed by atoms with Gasteiger partial charge in [0.05, 0.1) is 12.0 Å². The maximum atomic E-state index is 13.7. The molecule has 1 saturated heterocycles. The van der Waals surface area contributed by atoms with Crippen molar-refractivity contribution in [2.45, 2.75) is 17.9 Å². The summed E-state index contributed by atoms with van der Waals surface area (Å²) in [5.41, 5.74) is -4.36. The highest BCUT2D eigenvalue weighted by molar-refractivity contribution is 6.00. The fourth-order valence-corrected chi connectivity index (χ4v) is 3.13. The summed E-state index contributed by atoms with van der Waals surface area (Å²) in [5, 5.41) is 24.9. The number of rotatable bonds is 4. The Labute approximate surface area is 161 Å². The Bertz CT molecular complexity index is 949. The lowest BCUT2D eigenvalue weighted by Crippen LogP contribution is -2.72. The van der Waals surface area contributed by atoms with Gasteiger partial charge in [-0.25, -0.2) is 4.79 Å². The lowest BCUT2D eigenvalue weighted by molar-refractivity contribution is -0.287. The van der Waals surface area contributed by atoms with E-state index in [4.69, 9.17) is 0 Å². The van der Waals surface area contributed by atoms with Gasteiger partial charge in [-0.2, -0.15) is 13.2 Å². The number of nitrogens with one attached hydrogen (secondary N) is 2. The van der Waals surface area contributed by atoms with Crippen LogP contribution < -0.4 is 15.7 Å². The summed E-state index contributed by atoms with van der Waals surface area (Å²) >= 11 is 0. The molecule has 1 aliphatic rings. The van der Waals surface area contributed by atoms with Gasteiger partial charge in [0, 0.05) is 18.0 Å². The number of halogens is 3. The highest BCUT2D eigenvalue weighted by Gasteiger charge is 2.66. The molecule has 1 fully saturated rings. The smallest absolute Gasteiger partial charge is 0.437 e. The number of nitrogens with zero attached hydrogens (tertiary/aromatic N) is 1. The molecule has 152 valence electrons. The molecule has 2 heterocycles. The van der Waals surface area contributed by atoms with Gasteiger partial charge in [0.25, 0.3) is 0 Å². The minimum absolute atomic E-state index is 0.0187. The van der Waals surface area contributed by atoms with Crippen LogP contribution in [0.25, 0.3) is 0 Å². The third kappa shape index (κ3) is 3.63. The second-order valence-electron chi connectivity index (χ2n) is 6.33. The fourth-order valence-electron chi connectivity index (χ4n) is 3.13. The molecule has 0 bridgehead atoms. The average molecular weight is 408 g/mol. The molecular formula is C18H13F3N3O5-. The van der Waals surface area contributed by atoms with Crippen molar-refractivity contribution in [3.05, 3.63) is 65.5 Å². The number of benzene rings is 1. The van der Waals surface area contributed by atoms with Crippen molar-refractivity contribution in [2.24, 2.45) is 5.92 Å². The first kappa shape index (κ1) is 20.3. The zero-order valence-electron chi connectivity index (χ0n) is 14.4. The van der Waals surface area contributed by atoms with Crippen molar-refractivity contribution >= 4 is 17.8 Å². The maximum Gasteiger partial charge on any atom is 0.437 e. The molecular weight excluding hydrogens is 395 g/mol. The first-order valence-electron chi connectivity index (χ1n) is 8.18. The molecule has 0 saturated carbocycles. The second-order valence-corrected chi connectivity index (χ2v) is 6.33. The lowest BCUT2D eigenvalue weighted by atomic mass is 9.77. The van der Waals surface area contributed by atoms with E-state index in [0.717, 1.165) is 30.5 Å². The van der Waals surface area contributed by atoms with Crippen LogP contribution in [0.4, 0.5) is 18.0 Å². The summed E-state index contributed by atoms with van der Waals surface area (Å²) in [7, 11) is 0. The molecule has 2 aromatic rings. The highest BCUT2D eigenvalue weighted by Crippen LogP contribution is 2.43. The molecule has 8 nitrogen and oxygen atoms in total. The topological polar surface area (TPSA) is 131 Å². The maximum absolute atomic E-state index is 13.7. The molecule has 1 aromatic heterocycles. The fraction of sp³-hybridized carbons (Fsp3) is 0.222. The SMILES string of the molecule is O=C1N[C@@H](c2ccc(C(=O)[O-])cc2)[C@@H](C(=O)c2cccnc2)[C@@](O)(C(F)(F)F)N1. The normalized spacial score (nSPS) is 24.3. The molecule has 0 spiro atoms. The first-order chi connectivity index (χ1) is 13.5. The monoisotopic (exact) mass is 408 g/mol. The van der Waals surface area contributed by atoms with Crippen molar-refractivity contribution < 1.29 is 37.8 Å². The van der Waals surface area contributed by atoms with Gasteiger partial charge in [0.1, 0.15) is 5.92 Å². The van der Waals surface area contributed by atoms with E-state index in [0.29, 0.717) is 0 Å². The van der Waals surface area contributed by atoms with E-state index >= 15 is 0 Å². The van der Waals surface area contributed by atoms with Crippen LogP contribution in [0, 0.1) is 5.92 Å². The summed E-state index contributed by atoms with van der Waals surface area (Å²) < 4.78 is 41.2. The molecule has 0 unspecified atom stereocenters. The van der Waals surface area contributed by atoms with Crippen molar-refractivity contribution in [1.82, 2.24) is 15.6 Å². The van der Waals surface area contributed by atoms with E-state index < -0.39 is 41.6 Å². The predicted molar refractivity (Wildman–Crippen MR) is 88.2 cm³/mol. The van der Waals surface area contributed by atoms with Gasteiger partial charge in [-0.15, -0.1) is 0 Å². The van der Waals surface area contributed by atoms with Crippen molar-refractivity contribution in [1.29, 1.82) is 0 Å². The summed E-state index contributed by atoms with van der Waals surface area (Å²) in [6.45, 7) is 0. The number of amides is 2. The number of alkyl halides is 3. The van der Waals surface area contributed by atoms with Crippen LogP contribution in [0.2, 0.25) is 0 Å². The minimum Gasteiger partial charge on any atom is -0.545 e. The molecule has 2 amide bonds. The minimum atomic E-state index is -5.39. The largest absolute Gasteiger partial charge is 0.545 e. The molecule has 1 aromatic carbocycles. The van der Waals surface area contributed by atoms with Gasteiger partial charge in [0.2, 0.25) is 5.72 Å². The van der Waals surface area contributed by atoms with Crippen molar-refractivity contribution in [3.8, 4) is 0 Å². The van der Waals surface area contributed by atoms with Gasteiger partial charge in [0.15, 0.2) is 5.78 Å². The summed E-state index contributed by atoms with van der Waals surface area (Å²) in [4.78, 5) is 39.4. The van der Waals surface area contributed by atoms with Crippen LogP contribution in [-0.2, 0) is 0 Å². The molecule has 0 aliphatic carbocycles. The number of carboxylic acid groups (broad SMARTS) is 1. The van der Waals surface area contributed by atoms with Crippen LogP contribution in [0.1, 0.15) is 32.3 Å². The standard InChI is InChI=1S/C18H14F3N3O5/c19-18(20,21)17(29)12(14(25)11-2-1-7-22-8-11)13(23-16(28)24-17)9-3-5-10(6-4-9)15(26)27/h1-8,12-13,29H,(H,26,27)(H2,23,24,28)/p-1/t12-,13-,17+/m0/s1. The van der Waals surface area contributed by atoms with E-state index in [2.05, 4.69) is 10.3 Å². The molecule has 11 heteroatoms. The van der Waals surface area contributed by atoms with Crippen molar-refractivity contribution in [2.75, 3.05) is 0 Å². The lowest BCUT2D eigenvalue weighted by Gasteiger charge is -2.45. The number of aromatic carboxylic acids is 1. The number of aromatic nitrogens is 1. The van der Waals surface area contributed by atoms with Gasteiger partial charge in [-0.05, 0) is 23.3 Å². The van der Waals surface area contributed by atoms with Gasteiger partial charge < -0.3 is 25.6 Å². The molecule has 1 aliphatic heterocycles. The summed E-state index contributed by atoms with van der Waals surface area (Å²) in [6.07, 6.45) is -3.05. The Balaban J connectivity index is 2.14. The van der Waals surface area contributed by atoms with Crippen LogP contribution in [-0.4, -0.2) is 39.8 Å². The second kappa shape index (κ2) is 7.17. The van der Waals surface area contributed by atoms with E-state index in [1.807, 2.05) is 0 Å². The van der Waals surface area contributed by atoms with Gasteiger partial charge in [-0.3, -0.25) is 9.78 Å². The molecule has 29 heavy (non-hydrogen) atoms. The zero-order chi connectivity index (χ0) is 21.4. The molecule has 3 rings (SSSR count). The number of carboxylic acids is 1. The number of hydrogen-bond donors (Lipinski definition) is 3. The Morgan fingerprint density at radius 2 is 1.79 bits per heavy atom. The quantitative estimate of drug-likeness (QED) is 0.633. The Hall–Kier alpha value is -3.47. The van der Waals surface area contributed by atoms with Gasteiger partial charge in [-0.1, -0.05) is 24.3 Å². The third-order valence-corrected chi connectivity index (χ3v) is 4.54. The number of pyridine rings is 1. The third-order valence-electron chi connectivity index (χ3n) is 4.54. The van der Waals surface area contributed by atoms with Crippen LogP contribution in [0.3, 0.4) is 0 Å². The number of aliphatic hydroxyl groups is 1. The van der Waals surface area contributed by atoms with E-state index in [9.17, 15) is 37.8 Å². The number of ketones is 1. The summed E-state index contributed by atoms with van der Waals surface area (Å²) in [5.74, 6) is -4.86. The molecule has 3 N–H and O–H groups in total. The molecule has 3 atom stereocenters. The number of Topliss-reactive ketones (excluding diaryl/α,β-unsaturated/α-hetero) is 1. The van der Waals surface area contributed by atoms with E-state index in [1.54, 1.807) is 0 Å². The Morgan fingerprint density at radius 1 is 1.14 bits per heavy atom. The number of urea groups is 1.